The molecule has 9 heteroatoms. The van der Waals surface area contributed by atoms with Gasteiger partial charge in [-0.25, -0.2) is 19.4 Å². The Kier molecular flexibility index (Phi) is 8.21. The Labute approximate surface area is 198 Å². The van der Waals surface area contributed by atoms with Crippen molar-refractivity contribution >= 4 is 35.8 Å². The molecule has 1 fully saturated rings. The van der Waals surface area contributed by atoms with Crippen molar-refractivity contribution in [3.63, 3.8) is 0 Å². The van der Waals surface area contributed by atoms with Crippen LogP contribution in [0, 0.1) is 5.82 Å². The quantitative estimate of drug-likeness (QED) is 0.284. The second-order valence-electron chi connectivity index (χ2n) is 7.09. The van der Waals surface area contributed by atoms with E-state index in [1.165, 1.54) is 6.07 Å². The van der Waals surface area contributed by atoms with E-state index in [1.807, 2.05) is 42.2 Å². The Bertz CT molecular complexity index is 996. The van der Waals surface area contributed by atoms with Crippen LogP contribution in [0.2, 0.25) is 0 Å². The van der Waals surface area contributed by atoms with Crippen LogP contribution >= 0.6 is 24.0 Å². The largest absolute Gasteiger partial charge is 0.444 e. The van der Waals surface area contributed by atoms with E-state index in [9.17, 15) is 4.39 Å². The number of nitrogens with zero attached hydrogens (tertiary/aromatic N) is 4. The number of aliphatic imine (C=N–C) groups is 1. The first-order valence-corrected chi connectivity index (χ1v) is 10.1. The van der Waals surface area contributed by atoms with Gasteiger partial charge in [-0.15, -0.1) is 24.0 Å². The van der Waals surface area contributed by atoms with E-state index in [1.54, 1.807) is 18.5 Å². The van der Waals surface area contributed by atoms with Crippen LogP contribution in [-0.4, -0.2) is 41.6 Å². The Morgan fingerprint density at radius 2 is 2.10 bits per heavy atom. The fourth-order valence-corrected chi connectivity index (χ4v) is 3.45. The molecule has 2 aromatic heterocycles. The van der Waals surface area contributed by atoms with Crippen LogP contribution < -0.4 is 15.5 Å². The van der Waals surface area contributed by atoms with Crippen LogP contribution in [0.4, 0.5) is 10.2 Å². The van der Waals surface area contributed by atoms with Crippen LogP contribution in [0.15, 0.2) is 64.3 Å². The number of anilines is 1. The maximum Gasteiger partial charge on any atom is 0.226 e. The van der Waals surface area contributed by atoms with Crippen molar-refractivity contribution in [2.24, 2.45) is 4.99 Å². The van der Waals surface area contributed by atoms with Gasteiger partial charge in [-0.1, -0.05) is 18.2 Å². The summed E-state index contributed by atoms with van der Waals surface area (Å²) in [5.41, 5.74) is 1.69. The lowest BCUT2D eigenvalue weighted by Crippen LogP contribution is -2.44. The second kappa shape index (κ2) is 11.1. The minimum absolute atomic E-state index is 0. The summed E-state index contributed by atoms with van der Waals surface area (Å²) in [5.74, 6) is 1.40. The average Bonchev–Trinajstić information content (AvgIpc) is 3.43. The van der Waals surface area contributed by atoms with Gasteiger partial charge in [-0.3, -0.25) is 0 Å². The van der Waals surface area contributed by atoms with Crippen molar-refractivity contribution in [3.05, 3.63) is 66.4 Å². The van der Waals surface area contributed by atoms with Gasteiger partial charge in [-0.2, -0.15) is 0 Å². The second-order valence-corrected chi connectivity index (χ2v) is 7.09. The molecule has 7 nitrogen and oxygen atoms in total. The number of hydrogen-bond donors (Lipinski definition) is 2. The van der Waals surface area contributed by atoms with Gasteiger partial charge in [-0.05, 0) is 37.6 Å². The number of benzene rings is 1. The summed E-state index contributed by atoms with van der Waals surface area (Å²) in [5, 5.41) is 6.69. The number of pyridine rings is 1. The highest BCUT2D eigenvalue weighted by molar-refractivity contribution is 14.0. The topological polar surface area (TPSA) is 78.6 Å². The van der Waals surface area contributed by atoms with Gasteiger partial charge in [0.25, 0.3) is 0 Å². The summed E-state index contributed by atoms with van der Waals surface area (Å²) < 4.78 is 19.6. The highest BCUT2D eigenvalue weighted by Crippen LogP contribution is 2.21. The Morgan fingerprint density at radius 1 is 1.26 bits per heavy atom. The number of oxazole rings is 1. The molecule has 0 saturated carbocycles. The lowest BCUT2D eigenvalue weighted by Gasteiger charge is -2.19. The molecule has 0 spiro atoms. The molecule has 1 aromatic carbocycles. The highest BCUT2D eigenvalue weighted by Gasteiger charge is 2.26. The summed E-state index contributed by atoms with van der Waals surface area (Å²) in [6.07, 6.45) is 4.13. The van der Waals surface area contributed by atoms with Crippen molar-refractivity contribution in [3.8, 4) is 11.5 Å². The first-order valence-electron chi connectivity index (χ1n) is 10.1. The third-order valence-electron chi connectivity index (χ3n) is 4.88. The average molecular weight is 536 g/mol. The maximum atomic E-state index is 14.0. The Hall–Kier alpha value is -2.69. The van der Waals surface area contributed by atoms with Gasteiger partial charge in [0.1, 0.15) is 12.0 Å². The SMILES string of the molecule is CCNC(=NCc1coc(-c2ccccc2)n1)NC1CCN(c2ncccc2F)C1.I. The van der Waals surface area contributed by atoms with Gasteiger partial charge in [0.15, 0.2) is 17.6 Å². The smallest absolute Gasteiger partial charge is 0.226 e. The molecule has 0 amide bonds. The van der Waals surface area contributed by atoms with Gasteiger partial charge < -0.3 is 20.0 Å². The summed E-state index contributed by atoms with van der Waals surface area (Å²) in [7, 11) is 0. The van der Waals surface area contributed by atoms with Gasteiger partial charge >= 0.3 is 0 Å². The molecule has 1 aliphatic rings. The molecule has 2 N–H and O–H groups in total. The monoisotopic (exact) mass is 536 g/mol. The van der Waals surface area contributed by atoms with Crippen LogP contribution in [0.25, 0.3) is 11.5 Å². The van der Waals surface area contributed by atoms with E-state index >= 15 is 0 Å². The van der Waals surface area contributed by atoms with E-state index in [0.29, 0.717) is 30.8 Å². The zero-order chi connectivity index (χ0) is 20.8. The molecule has 1 atom stereocenters. The molecule has 4 rings (SSSR count). The molecule has 0 aliphatic carbocycles. The standard InChI is InChI=1S/C22H25FN6O.HI/c1-2-24-22(26-13-18-15-30-21(27-18)16-7-4-3-5-8-16)28-17-10-12-29(14-17)20-19(23)9-6-11-25-20;/h3-9,11,15,17H,2,10,12-14H2,1H3,(H2,24,26,28);1H. The number of hydrogen-bond acceptors (Lipinski definition) is 5. The maximum absolute atomic E-state index is 14.0. The molecular weight excluding hydrogens is 510 g/mol. The summed E-state index contributed by atoms with van der Waals surface area (Å²) >= 11 is 0. The van der Waals surface area contributed by atoms with Crippen LogP contribution in [-0.2, 0) is 6.54 Å². The third kappa shape index (κ3) is 5.93. The van der Waals surface area contributed by atoms with Crippen molar-refractivity contribution < 1.29 is 8.81 Å². The van der Waals surface area contributed by atoms with Crippen molar-refractivity contribution in [1.29, 1.82) is 0 Å². The summed E-state index contributed by atoms with van der Waals surface area (Å²) in [4.78, 5) is 15.3. The van der Waals surface area contributed by atoms with Crippen LogP contribution in [0.1, 0.15) is 19.0 Å². The molecule has 3 heterocycles. The van der Waals surface area contributed by atoms with E-state index < -0.39 is 0 Å². The molecule has 164 valence electrons. The molecule has 3 aromatic rings. The number of aromatic nitrogens is 2. The van der Waals surface area contributed by atoms with Crippen LogP contribution in [0.5, 0.6) is 0 Å². The molecule has 0 radical (unpaired) electrons. The highest BCUT2D eigenvalue weighted by atomic mass is 127. The summed E-state index contributed by atoms with van der Waals surface area (Å²) in [6.45, 7) is 4.57. The van der Waals surface area contributed by atoms with E-state index in [0.717, 1.165) is 30.8 Å². The van der Waals surface area contributed by atoms with Crippen molar-refractivity contribution in [2.75, 3.05) is 24.5 Å². The molecule has 1 unspecified atom stereocenters. The van der Waals surface area contributed by atoms with Crippen LogP contribution in [0.3, 0.4) is 0 Å². The van der Waals surface area contributed by atoms with Gasteiger partial charge in [0.2, 0.25) is 5.89 Å². The minimum atomic E-state index is -0.293. The number of guanidine groups is 1. The lowest BCUT2D eigenvalue weighted by molar-refractivity contribution is 0.572. The Balaban J connectivity index is 0.00000272. The summed E-state index contributed by atoms with van der Waals surface area (Å²) in [6, 6.07) is 13.0. The fraction of sp³-hybridized carbons (Fsp3) is 0.318. The van der Waals surface area contributed by atoms with E-state index in [2.05, 4.69) is 25.6 Å². The first kappa shape index (κ1) is 23.0. The molecular formula is C22H26FIN6O. The van der Waals surface area contributed by atoms with Crippen molar-refractivity contribution in [2.45, 2.75) is 25.9 Å². The molecule has 1 aliphatic heterocycles. The van der Waals surface area contributed by atoms with E-state index in [-0.39, 0.29) is 35.8 Å². The van der Waals surface area contributed by atoms with Crippen molar-refractivity contribution in [1.82, 2.24) is 20.6 Å². The fourth-order valence-electron chi connectivity index (χ4n) is 3.45. The molecule has 31 heavy (non-hydrogen) atoms. The van der Waals surface area contributed by atoms with E-state index in [4.69, 9.17) is 4.42 Å². The predicted octanol–water partition coefficient (Wildman–Crippen LogP) is 3.83. The third-order valence-corrected chi connectivity index (χ3v) is 4.88. The zero-order valence-electron chi connectivity index (χ0n) is 17.3. The number of nitrogens with one attached hydrogen (secondary N) is 2. The zero-order valence-corrected chi connectivity index (χ0v) is 19.6. The molecule has 1 saturated heterocycles. The van der Waals surface area contributed by atoms with Gasteiger partial charge in [0, 0.05) is 37.4 Å². The predicted molar refractivity (Wildman–Crippen MR) is 130 cm³/mol. The first-order chi connectivity index (χ1) is 14.7. The minimum Gasteiger partial charge on any atom is -0.444 e. The normalized spacial score (nSPS) is 16.1. The van der Waals surface area contributed by atoms with Gasteiger partial charge in [0.05, 0.1) is 6.54 Å². The molecule has 0 bridgehead atoms. The Morgan fingerprint density at radius 3 is 2.87 bits per heavy atom. The number of halogens is 2. The lowest BCUT2D eigenvalue weighted by atomic mass is 10.2. The number of rotatable bonds is 6.